The summed E-state index contributed by atoms with van der Waals surface area (Å²) < 4.78 is 35.3. The number of anilines is 1. The third-order valence-electron chi connectivity index (χ3n) is 5.36. The molecule has 4 rings (SSSR count). The van der Waals surface area contributed by atoms with Gasteiger partial charge in [0.15, 0.2) is 5.16 Å². The number of benzene rings is 2. The van der Waals surface area contributed by atoms with Gasteiger partial charge in [0.25, 0.3) is 5.91 Å². The number of sulfonamides is 1. The SMILES string of the molecule is CCOc1ccc(NC(=O)c2cccc(-n3ccnc3SC)c2)cc1S(=O)(=O)N1CCCC1. The molecule has 1 fully saturated rings. The number of thioether (sulfide) groups is 1. The first-order chi connectivity index (χ1) is 15.9. The molecule has 174 valence electrons. The van der Waals surface area contributed by atoms with Crippen LogP contribution in [0.3, 0.4) is 0 Å². The Hall–Kier alpha value is -2.82. The summed E-state index contributed by atoms with van der Waals surface area (Å²) in [5.74, 6) is -0.0505. The van der Waals surface area contributed by atoms with Crippen molar-refractivity contribution in [3.05, 3.63) is 60.4 Å². The Morgan fingerprint density at radius 1 is 1.18 bits per heavy atom. The fourth-order valence-electron chi connectivity index (χ4n) is 3.77. The number of carbonyl (C=O) groups is 1. The van der Waals surface area contributed by atoms with Gasteiger partial charge in [0.1, 0.15) is 10.6 Å². The number of imidazole rings is 1. The predicted octanol–water partition coefficient (Wildman–Crippen LogP) is 4.03. The summed E-state index contributed by atoms with van der Waals surface area (Å²) in [5, 5.41) is 3.64. The van der Waals surface area contributed by atoms with Crippen LogP contribution < -0.4 is 10.1 Å². The molecule has 1 amide bonds. The minimum Gasteiger partial charge on any atom is -0.492 e. The maximum atomic E-state index is 13.2. The summed E-state index contributed by atoms with van der Waals surface area (Å²) in [7, 11) is -3.71. The van der Waals surface area contributed by atoms with Crippen LogP contribution in [0, 0.1) is 0 Å². The minimum absolute atomic E-state index is 0.0702. The Bertz CT molecular complexity index is 1250. The molecule has 0 saturated carbocycles. The van der Waals surface area contributed by atoms with Crippen molar-refractivity contribution < 1.29 is 17.9 Å². The van der Waals surface area contributed by atoms with Gasteiger partial charge in [-0.2, -0.15) is 4.31 Å². The summed E-state index contributed by atoms with van der Waals surface area (Å²) in [6, 6.07) is 11.9. The summed E-state index contributed by atoms with van der Waals surface area (Å²) in [6.45, 7) is 3.12. The maximum absolute atomic E-state index is 13.2. The average Bonchev–Trinajstić information content (AvgIpc) is 3.53. The number of amides is 1. The van der Waals surface area contributed by atoms with Crippen molar-refractivity contribution in [2.24, 2.45) is 0 Å². The van der Waals surface area contributed by atoms with Crippen molar-refractivity contribution in [3.8, 4) is 11.4 Å². The highest BCUT2D eigenvalue weighted by molar-refractivity contribution is 7.98. The quantitative estimate of drug-likeness (QED) is 0.483. The predicted molar refractivity (Wildman–Crippen MR) is 129 cm³/mol. The molecule has 0 atom stereocenters. The van der Waals surface area contributed by atoms with Crippen LogP contribution in [0.5, 0.6) is 5.75 Å². The van der Waals surface area contributed by atoms with Crippen LogP contribution in [0.15, 0.2) is 64.9 Å². The number of rotatable bonds is 8. The van der Waals surface area contributed by atoms with Crippen LogP contribution in [0.1, 0.15) is 30.1 Å². The van der Waals surface area contributed by atoms with Gasteiger partial charge in [0, 0.05) is 42.4 Å². The van der Waals surface area contributed by atoms with Crippen LogP contribution in [0.4, 0.5) is 5.69 Å². The molecule has 1 aliphatic rings. The highest BCUT2D eigenvalue weighted by Gasteiger charge is 2.30. The number of hydrogen-bond donors (Lipinski definition) is 1. The van der Waals surface area contributed by atoms with Crippen LogP contribution in [0.2, 0.25) is 0 Å². The molecule has 0 aliphatic carbocycles. The molecule has 1 aromatic heterocycles. The maximum Gasteiger partial charge on any atom is 0.255 e. The minimum atomic E-state index is -3.71. The van der Waals surface area contributed by atoms with E-state index in [0.717, 1.165) is 23.7 Å². The Kier molecular flexibility index (Phi) is 7.06. The van der Waals surface area contributed by atoms with E-state index in [4.69, 9.17) is 4.74 Å². The third kappa shape index (κ3) is 4.92. The van der Waals surface area contributed by atoms with E-state index in [-0.39, 0.29) is 16.6 Å². The van der Waals surface area contributed by atoms with E-state index in [0.29, 0.717) is 30.9 Å². The van der Waals surface area contributed by atoms with Crippen molar-refractivity contribution in [2.75, 3.05) is 31.3 Å². The Balaban J connectivity index is 1.62. The summed E-state index contributed by atoms with van der Waals surface area (Å²) >= 11 is 1.51. The lowest BCUT2D eigenvalue weighted by atomic mass is 10.2. The van der Waals surface area contributed by atoms with Gasteiger partial charge < -0.3 is 10.1 Å². The van der Waals surface area contributed by atoms with Gasteiger partial charge in [-0.15, -0.1) is 0 Å². The van der Waals surface area contributed by atoms with E-state index < -0.39 is 10.0 Å². The zero-order valence-corrected chi connectivity index (χ0v) is 20.2. The summed E-state index contributed by atoms with van der Waals surface area (Å²) in [5.41, 5.74) is 1.65. The number of carbonyl (C=O) groups excluding carboxylic acids is 1. The van der Waals surface area contributed by atoms with E-state index in [9.17, 15) is 13.2 Å². The fraction of sp³-hybridized carbons (Fsp3) is 0.304. The van der Waals surface area contributed by atoms with Crippen LogP contribution in [0.25, 0.3) is 5.69 Å². The van der Waals surface area contributed by atoms with Crippen LogP contribution >= 0.6 is 11.8 Å². The van der Waals surface area contributed by atoms with Crippen molar-refractivity contribution in [2.45, 2.75) is 29.8 Å². The lowest BCUT2D eigenvalue weighted by Gasteiger charge is -2.19. The first kappa shape index (κ1) is 23.3. The molecule has 2 aromatic carbocycles. The van der Waals surface area contributed by atoms with E-state index in [2.05, 4.69) is 10.3 Å². The molecule has 2 heterocycles. The molecular weight excluding hydrogens is 460 g/mol. The monoisotopic (exact) mass is 486 g/mol. The lowest BCUT2D eigenvalue weighted by molar-refractivity contribution is 0.102. The van der Waals surface area contributed by atoms with E-state index in [1.165, 1.54) is 22.1 Å². The van der Waals surface area contributed by atoms with E-state index in [1.807, 2.05) is 23.1 Å². The Labute approximate surface area is 198 Å². The third-order valence-corrected chi connectivity index (χ3v) is 7.95. The Morgan fingerprint density at radius 2 is 1.97 bits per heavy atom. The van der Waals surface area contributed by atoms with E-state index >= 15 is 0 Å². The molecule has 1 saturated heterocycles. The molecular formula is C23H26N4O4S2. The molecule has 0 radical (unpaired) electrons. The first-order valence-electron chi connectivity index (χ1n) is 10.7. The van der Waals surface area contributed by atoms with Crippen LogP contribution in [-0.2, 0) is 10.0 Å². The molecule has 0 spiro atoms. The second-order valence-electron chi connectivity index (χ2n) is 7.49. The Morgan fingerprint density at radius 3 is 2.70 bits per heavy atom. The van der Waals surface area contributed by atoms with Crippen molar-refractivity contribution >= 4 is 33.4 Å². The number of hydrogen-bond acceptors (Lipinski definition) is 6. The zero-order chi connectivity index (χ0) is 23.4. The van der Waals surface area contributed by atoms with Crippen molar-refractivity contribution in [1.82, 2.24) is 13.9 Å². The smallest absolute Gasteiger partial charge is 0.255 e. The first-order valence-corrected chi connectivity index (χ1v) is 13.4. The molecule has 10 heteroatoms. The normalized spacial score (nSPS) is 14.4. The standard InChI is InChI=1S/C23H26N4O4S2/c1-3-31-20-10-9-18(16-21(20)33(29,30)26-12-4-5-13-26)25-22(28)17-7-6-8-19(15-17)27-14-11-24-23(27)32-2/h6-11,14-16H,3-5,12-13H2,1-2H3,(H,25,28). The van der Waals surface area contributed by atoms with Gasteiger partial charge in [0.05, 0.1) is 6.61 Å². The van der Waals surface area contributed by atoms with Gasteiger partial charge in [-0.25, -0.2) is 13.4 Å². The summed E-state index contributed by atoms with van der Waals surface area (Å²) in [6.07, 6.45) is 7.16. The molecule has 1 N–H and O–H groups in total. The highest BCUT2D eigenvalue weighted by Crippen LogP contribution is 2.32. The van der Waals surface area contributed by atoms with Gasteiger partial charge in [-0.05, 0) is 62.4 Å². The van der Waals surface area contributed by atoms with Gasteiger partial charge in [0.2, 0.25) is 10.0 Å². The molecule has 8 nitrogen and oxygen atoms in total. The van der Waals surface area contributed by atoms with Crippen LogP contribution in [-0.4, -0.2) is 54.1 Å². The molecule has 0 bridgehead atoms. The molecule has 33 heavy (non-hydrogen) atoms. The molecule has 1 aliphatic heterocycles. The lowest BCUT2D eigenvalue weighted by Crippen LogP contribution is -2.28. The van der Waals surface area contributed by atoms with Gasteiger partial charge in [-0.3, -0.25) is 9.36 Å². The topological polar surface area (TPSA) is 93.5 Å². The van der Waals surface area contributed by atoms with Gasteiger partial charge in [-0.1, -0.05) is 17.8 Å². The second-order valence-corrected chi connectivity index (χ2v) is 10.2. The number of aromatic nitrogens is 2. The molecule has 3 aromatic rings. The molecule has 0 unspecified atom stereocenters. The summed E-state index contributed by atoms with van der Waals surface area (Å²) in [4.78, 5) is 17.4. The number of nitrogens with zero attached hydrogens (tertiary/aromatic N) is 3. The zero-order valence-electron chi connectivity index (χ0n) is 18.5. The van der Waals surface area contributed by atoms with Crippen molar-refractivity contribution in [3.63, 3.8) is 0 Å². The number of ether oxygens (including phenoxy) is 1. The average molecular weight is 487 g/mol. The fourth-order valence-corrected chi connectivity index (χ4v) is 5.97. The number of nitrogens with one attached hydrogen (secondary N) is 1. The van der Waals surface area contributed by atoms with Gasteiger partial charge >= 0.3 is 0 Å². The van der Waals surface area contributed by atoms with Crippen molar-refractivity contribution in [1.29, 1.82) is 0 Å². The van der Waals surface area contributed by atoms with E-state index in [1.54, 1.807) is 43.5 Å². The second kappa shape index (κ2) is 9.98. The largest absolute Gasteiger partial charge is 0.492 e. The highest BCUT2D eigenvalue weighted by atomic mass is 32.2.